The number of morpholine rings is 1. The average molecular weight is 163 g/mol. The van der Waals surface area contributed by atoms with Gasteiger partial charge in [-0.3, -0.25) is 0 Å². The van der Waals surface area contributed by atoms with Crippen LogP contribution < -0.4 is 5.32 Å². The fourth-order valence-corrected chi connectivity index (χ4v) is 1.82. The van der Waals surface area contributed by atoms with Crippen molar-refractivity contribution in [2.75, 3.05) is 19.7 Å². The Hall–Kier alpha value is -0.220. The molecule has 0 unspecified atom stereocenters. The van der Waals surface area contributed by atoms with Gasteiger partial charge in [-0.15, -0.1) is 0 Å². The lowest BCUT2D eigenvalue weighted by molar-refractivity contribution is -0.234. The summed E-state index contributed by atoms with van der Waals surface area (Å²) in [5.74, 6) is -2.47. The molecule has 1 N–H and O–H groups in total. The number of ether oxygens (including phenoxy) is 1. The van der Waals surface area contributed by atoms with Crippen molar-refractivity contribution in [3.8, 4) is 0 Å². The normalized spacial score (nSPS) is 33.3. The summed E-state index contributed by atoms with van der Waals surface area (Å²) in [5, 5.41) is 3.06. The Morgan fingerprint density at radius 1 is 1.27 bits per heavy atom. The van der Waals surface area contributed by atoms with Gasteiger partial charge in [-0.2, -0.15) is 0 Å². The van der Waals surface area contributed by atoms with E-state index in [0.717, 1.165) is 6.54 Å². The molecule has 0 atom stereocenters. The van der Waals surface area contributed by atoms with Crippen LogP contribution in [0.15, 0.2) is 0 Å². The van der Waals surface area contributed by atoms with Crippen LogP contribution in [0.25, 0.3) is 0 Å². The topological polar surface area (TPSA) is 21.3 Å². The molecule has 1 aliphatic carbocycles. The van der Waals surface area contributed by atoms with Crippen LogP contribution in [-0.2, 0) is 4.74 Å². The molecule has 1 spiro atoms. The quantitative estimate of drug-likeness (QED) is 0.569. The maximum absolute atomic E-state index is 12.5. The molecule has 0 aromatic rings. The van der Waals surface area contributed by atoms with E-state index < -0.39 is 11.5 Å². The third-order valence-corrected chi connectivity index (χ3v) is 2.30. The Labute approximate surface area is 63.9 Å². The monoisotopic (exact) mass is 163 g/mol. The Balaban J connectivity index is 1.94. The smallest absolute Gasteiger partial charge is 0.253 e. The fourth-order valence-electron chi connectivity index (χ4n) is 1.82. The van der Waals surface area contributed by atoms with Gasteiger partial charge in [-0.25, -0.2) is 8.78 Å². The number of hydrogen-bond acceptors (Lipinski definition) is 2. The van der Waals surface area contributed by atoms with E-state index in [1.807, 2.05) is 0 Å². The first-order valence-corrected chi connectivity index (χ1v) is 3.85. The maximum atomic E-state index is 12.5. The van der Waals surface area contributed by atoms with Crippen molar-refractivity contribution in [2.24, 2.45) is 0 Å². The summed E-state index contributed by atoms with van der Waals surface area (Å²) in [5.41, 5.74) is -0.526. The first-order valence-electron chi connectivity index (χ1n) is 3.85. The van der Waals surface area contributed by atoms with Crippen molar-refractivity contribution < 1.29 is 13.5 Å². The van der Waals surface area contributed by atoms with Crippen molar-refractivity contribution >= 4 is 0 Å². The van der Waals surface area contributed by atoms with Crippen molar-refractivity contribution in [2.45, 2.75) is 24.4 Å². The minimum atomic E-state index is -2.47. The highest BCUT2D eigenvalue weighted by molar-refractivity contribution is 5.03. The lowest BCUT2D eigenvalue weighted by Gasteiger charge is -2.49. The second-order valence-electron chi connectivity index (χ2n) is 3.42. The lowest BCUT2D eigenvalue weighted by Crippen LogP contribution is -2.61. The molecule has 0 radical (unpaired) electrons. The molecule has 1 aliphatic heterocycles. The zero-order valence-corrected chi connectivity index (χ0v) is 6.20. The molecule has 1 saturated heterocycles. The standard InChI is InChI=1S/C7H11F2NO/c8-7(9)3-6(4-7)5-10-1-2-11-6/h10H,1-5H2. The van der Waals surface area contributed by atoms with E-state index in [2.05, 4.69) is 5.32 Å². The minimum Gasteiger partial charge on any atom is -0.372 e. The molecule has 0 amide bonds. The van der Waals surface area contributed by atoms with E-state index >= 15 is 0 Å². The summed E-state index contributed by atoms with van der Waals surface area (Å²) in [6.45, 7) is 1.94. The van der Waals surface area contributed by atoms with Gasteiger partial charge in [0, 0.05) is 25.9 Å². The molecule has 64 valence electrons. The molecule has 0 bridgehead atoms. The van der Waals surface area contributed by atoms with Crippen molar-refractivity contribution in [3.05, 3.63) is 0 Å². The van der Waals surface area contributed by atoms with Crippen LogP contribution in [0, 0.1) is 0 Å². The largest absolute Gasteiger partial charge is 0.372 e. The summed E-state index contributed by atoms with van der Waals surface area (Å²) < 4.78 is 30.2. The van der Waals surface area contributed by atoms with Gasteiger partial charge in [0.1, 0.15) is 0 Å². The molecule has 0 aromatic carbocycles. The first kappa shape index (κ1) is 7.43. The molecule has 11 heavy (non-hydrogen) atoms. The van der Waals surface area contributed by atoms with E-state index in [0.29, 0.717) is 13.2 Å². The first-order chi connectivity index (χ1) is 5.12. The number of hydrogen-bond donors (Lipinski definition) is 1. The van der Waals surface area contributed by atoms with Gasteiger partial charge in [0.15, 0.2) is 0 Å². The van der Waals surface area contributed by atoms with Gasteiger partial charge in [0.25, 0.3) is 5.92 Å². The van der Waals surface area contributed by atoms with E-state index in [1.165, 1.54) is 0 Å². The van der Waals surface area contributed by atoms with Gasteiger partial charge in [0.2, 0.25) is 0 Å². The van der Waals surface area contributed by atoms with E-state index in [-0.39, 0.29) is 12.8 Å². The number of alkyl halides is 2. The third kappa shape index (κ3) is 1.25. The average Bonchev–Trinajstić information content (AvgIpc) is 1.85. The molecule has 2 aliphatic rings. The number of halogens is 2. The molecule has 1 heterocycles. The van der Waals surface area contributed by atoms with Crippen LogP contribution in [0.4, 0.5) is 8.78 Å². The Kier molecular flexibility index (Phi) is 1.44. The highest BCUT2D eigenvalue weighted by Crippen LogP contribution is 2.48. The van der Waals surface area contributed by atoms with E-state index in [1.54, 1.807) is 0 Å². The SMILES string of the molecule is FC1(F)CC2(CNCCO2)C1. The molecule has 2 rings (SSSR count). The van der Waals surface area contributed by atoms with Gasteiger partial charge >= 0.3 is 0 Å². The molecule has 0 aromatic heterocycles. The van der Waals surface area contributed by atoms with Crippen LogP contribution in [-0.4, -0.2) is 31.2 Å². The van der Waals surface area contributed by atoms with Gasteiger partial charge in [0.05, 0.1) is 12.2 Å². The zero-order chi connectivity index (χ0) is 7.95. The molecule has 2 nitrogen and oxygen atoms in total. The van der Waals surface area contributed by atoms with Crippen LogP contribution in [0.2, 0.25) is 0 Å². The van der Waals surface area contributed by atoms with Gasteiger partial charge < -0.3 is 10.1 Å². The summed E-state index contributed by atoms with van der Waals surface area (Å²) in [4.78, 5) is 0. The van der Waals surface area contributed by atoms with Crippen molar-refractivity contribution in [3.63, 3.8) is 0 Å². The second kappa shape index (κ2) is 2.14. The number of nitrogens with one attached hydrogen (secondary N) is 1. The number of rotatable bonds is 0. The molecular weight excluding hydrogens is 152 g/mol. The second-order valence-corrected chi connectivity index (χ2v) is 3.42. The van der Waals surface area contributed by atoms with Crippen LogP contribution in [0.1, 0.15) is 12.8 Å². The van der Waals surface area contributed by atoms with Crippen LogP contribution >= 0.6 is 0 Å². The molecule has 4 heteroatoms. The highest BCUT2D eigenvalue weighted by atomic mass is 19.3. The van der Waals surface area contributed by atoms with Crippen LogP contribution in [0.3, 0.4) is 0 Å². The summed E-state index contributed by atoms with van der Waals surface area (Å²) in [6.07, 6.45) is -0.208. The van der Waals surface area contributed by atoms with E-state index in [9.17, 15) is 8.78 Å². The fraction of sp³-hybridized carbons (Fsp3) is 1.00. The summed E-state index contributed by atoms with van der Waals surface area (Å²) in [7, 11) is 0. The molecular formula is C7H11F2NO. The molecule has 2 fully saturated rings. The lowest BCUT2D eigenvalue weighted by atomic mass is 9.76. The summed E-state index contributed by atoms with van der Waals surface area (Å²) >= 11 is 0. The predicted molar refractivity (Wildman–Crippen MR) is 35.7 cm³/mol. The van der Waals surface area contributed by atoms with Crippen molar-refractivity contribution in [1.82, 2.24) is 5.32 Å². The zero-order valence-electron chi connectivity index (χ0n) is 6.20. The van der Waals surface area contributed by atoms with Gasteiger partial charge in [-0.1, -0.05) is 0 Å². The van der Waals surface area contributed by atoms with Crippen LogP contribution in [0.5, 0.6) is 0 Å². The highest BCUT2D eigenvalue weighted by Gasteiger charge is 2.57. The third-order valence-electron chi connectivity index (χ3n) is 2.30. The predicted octanol–water partition coefficient (Wildman–Crippen LogP) is 0.774. The van der Waals surface area contributed by atoms with Gasteiger partial charge in [-0.05, 0) is 0 Å². The molecule has 1 saturated carbocycles. The summed E-state index contributed by atoms with van der Waals surface area (Å²) in [6, 6.07) is 0. The van der Waals surface area contributed by atoms with Crippen molar-refractivity contribution in [1.29, 1.82) is 0 Å². The Morgan fingerprint density at radius 2 is 2.00 bits per heavy atom. The Morgan fingerprint density at radius 3 is 2.45 bits per heavy atom. The maximum Gasteiger partial charge on any atom is 0.253 e. The Bertz CT molecular complexity index is 156. The van der Waals surface area contributed by atoms with E-state index in [4.69, 9.17) is 4.74 Å². The minimum absolute atomic E-state index is 0.104.